The van der Waals surface area contributed by atoms with Gasteiger partial charge in [0.25, 0.3) is 11.8 Å². The summed E-state index contributed by atoms with van der Waals surface area (Å²) in [5.41, 5.74) is 0.893. The quantitative estimate of drug-likeness (QED) is 0.878. The highest BCUT2D eigenvalue weighted by Crippen LogP contribution is 2.33. The fourth-order valence-electron chi connectivity index (χ4n) is 2.94. The fourth-order valence-corrected chi connectivity index (χ4v) is 3.95. The van der Waals surface area contributed by atoms with Crippen LogP contribution in [-0.2, 0) is 0 Å². The number of amides is 2. The summed E-state index contributed by atoms with van der Waals surface area (Å²) in [6, 6.07) is 5.64. The van der Waals surface area contributed by atoms with E-state index in [-0.39, 0.29) is 23.6 Å². The van der Waals surface area contributed by atoms with E-state index in [1.165, 1.54) is 24.0 Å². The van der Waals surface area contributed by atoms with Crippen molar-refractivity contribution < 1.29 is 14.0 Å². The Labute approximate surface area is 145 Å². The first-order valence-electron chi connectivity index (χ1n) is 8.25. The largest absolute Gasteiger partial charge is 0.459 e. The normalized spacial score (nSPS) is 14.5. The zero-order chi connectivity index (χ0) is 17.3. The van der Waals surface area contributed by atoms with Crippen LogP contribution >= 0.6 is 11.3 Å². The monoisotopic (exact) mass is 346 g/mol. The molecule has 128 valence electrons. The summed E-state index contributed by atoms with van der Waals surface area (Å²) in [7, 11) is 0. The Morgan fingerprint density at radius 3 is 2.67 bits per heavy atom. The van der Waals surface area contributed by atoms with Crippen molar-refractivity contribution in [2.75, 3.05) is 5.32 Å². The molecule has 0 spiro atoms. The summed E-state index contributed by atoms with van der Waals surface area (Å²) in [6.07, 6.45) is 4.81. The van der Waals surface area contributed by atoms with Gasteiger partial charge in [-0.1, -0.05) is 0 Å². The molecule has 1 fully saturated rings. The first kappa shape index (κ1) is 16.8. The second kappa shape index (κ2) is 6.81. The highest BCUT2D eigenvalue weighted by Gasteiger charge is 2.32. The van der Waals surface area contributed by atoms with Gasteiger partial charge in [-0.15, -0.1) is 11.3 Å². The van der Waals surface area contributed by atoms with Crippen LogP contribution in [0.15, 0.2) is 28.9 Å². The van der Waals surface area contributed by atoms with Gasteiger partial charge >= 0.3 is 0 Å². The average molecular weight is 346 g/mol. The molecule has 24 heavy (non-hydrogen) atoms. The van der Waals surface area contributed by atoms with E-state index in [0.29, 0.717) is 15.9 Å². The predicted molar refractivity (Wildman–Crippen MR) is 94.7 cm³/mol. The lowest BCUT2D eigenvalue weighted by Crippen LogP contribution is -2.48. The Morgan fingerprint density at radius 1 is 1.38 bits per heavy atom. The number of aryl methyl sites for hydroxylation is 1. The van der Waals surface area contributed by atoms with Crippen molar-refractivity contribution in [2.45, 2.75) is 52.1 Å². The van der Waals surface area contributed by atoms with E-state index in [2.05, 4.69) is 19.2 Å². The van der Waals surface area contributed by atoms with Crippen LogP contribution in [0, 0.1) is 6.92 Å². The van der Waals surface area contributed by atoms with Crippen molar-refractivity contribution in [3.63, 3.8) is 0 Å². The van der Waals surface area contributed by atoms with Crippen LogP contribution in [0.1, 0.15) is 58.9 Å². The number of anilines is 1. The third-order valence-corrected chi connectivity index (χ3v) is 5.49. The number of furan rings is 1. The molecule has 1 aliphatic rings. The number of rotatable bonds is 5. The van der Waals surface area contributed by atoms with Gasteiger partial charge < -0.3 is 14.6 Å². The zero-order valence-corrected chi connectivity index (χ0v) is 15.0. The number of carbonyl (C=O) groups is 2. The molecule has 1 N–H and O–H groups in total. The van der Waals surface area contributed by atoms with Gasteiger partial charge in [-0.2, -0.15) is 0 Å². The van der Waals surface area contributed by atoms with Gasteiger partial charge in [0, 0.05) is 12.1 Å². The fraction of sp³-hybridized carbons (Fsp3) is 0.444. The van der Waals surface area contributed by atoms with Crippen LogP contribution in [0.4, 0.5) is 5.00 Å². The highest BCUT2D eigenvalue weighted by molar-refractivity contribution is 7.18. The minimum atomic E-state index is -0.306. The van der Waals surface area contributed by atoms with E-state index in [1.807, 2.05) is 17.9 Å². The van der Waals surface area contributed by atoms with Crippen molar-refractivity contribution in [2.24, 2.45) is 0 Å². The Hall–Kier alpha value is -2.08. The van der Waals surface area contributed by atoms with E-state index >= 15 is 0 Å². The van der Waals surface area contributed by atoms with Gasteiger partial charge in [0.2, 0.25) is 0 Å². The van der Waals surface area contributed by atoms with Crippen molar-refractivity contribution in [1.82, 2.24) is 4.90 Å². The van der Waals surface area contributed by atoms with Gasteiger partial charge in [0.15, 0.2) is 5.76 Å². The minimum Gasteiger partial charge on any atom is -0.459 e. The van der Waals surface area contributed by atoms with Gasteiger partial charge in [0.05, 0.1) is 16.1 Å². The molecule has 0 aromatic carbocycles. The van der Waals surface area contributed by atoms with Gasteiger partial charge in [-0.05, 0) is 63.8 Å². The molecular weight excluding hydrogens is 324 g/mol. The maximum atomic E-state index is 13.0. The summed E-state index contributed by atoms with van der Waals surface area (Å²) in [5.74, 6) is 0.0165. The maximum Gasteiger partial charge on any atom is 0.291 e. The first-order valence-corrected chi connectivity index (χ1v) is 9.07. The lowest BCUT2D eigenvalue weighted by molar-refractivity contribution is 0.0493. The van der Waals surface area contributed by atoms with Crippen molar-refractivity contribution in [1.29, 1.82) is 0 Å². The molecule has 0 radical (unpaired) electrons. The van der Waals surface area contributed by atoms with Crippen LogP contribution in [-0.4, -0.2) is 28.8 Å². The smallest absolute Gasteiger partial charge is 0.291 e. The molecule has 2 aromatic rings. The van der Waals surface area contributed by atoms with Gasteiger partial charge in [-0.25, -0.2) is 0 Å². The van der Waals surface area contributed by atoms with Crippen LogP contribution in [0.2, 0.25) is 0 Å². The van der Waals surface area contributed by atoms with Crippen LogP contribution in [0.3, 0.4) is 0 Å². The van der Waals surface area contributed by atoms with E-state index < -0.39 is 0 Å². The summed E-state index contributed by atoms with van der Waals surface area (Å²) in [6.45, 7) is 6.02. The molecule has 2 aromatic heterocycles. The Kier molecular flexibility index (Phi) is 4.76. The Morgan fingerprint density at radius 2 is 2.12 bits per heavy atom. The maximum absolute atomic E-state index is 13.0. The van der Waals surface area contributed by atoms with Crippen molar-refractivity contribution in [3.8, 4) is 0 Å². The third kappa shape index (κ3) is 3.24. The van der Waals surface area contributed by atoms with E-state index in [4.69, 9.17) is 4.42 Å². The number of carbonyl (C=O) groups excluding carboxylic acids is 2. The molecule has 3 rings (SSSR count). The molecule has 2 heterocycles. The van der Waals surface area contributed by atoms with Crippen LogP contribution in [0.5, 0.6) is 0 Å². The SMILES string of the molecule is Cc1cc(NC(=O)c2ccco2)sc1C(=O)N(C(C)C)C1CCC1. The van der Waals surface area contributed by atoms with E-state index in [9.17, 15) is 9.59 Å². The molecular formula is C18H22N2O3S. The molecule has 6 heteroatoms. The zero-order valence-electron chi connectivity index (χ0n) is 14.2. The van der Waals surface area contributed by atoms with Crippen molar-refractivity contribution in [3.05, 3.63) is 40.7 Å². The summed E-state index contributed by atoms with van der Waals surface area (Å²) < 4.78 is 5.09. The number of nitrogens with one attached hydrogen (secondary N) is 1. The minimum absolute atomic E-state index is 0.0655. The third-order valence-electron chi connectivity index (χ3n) is 4.35. The average Bonchev–Trinajstić information content (AvgIpc) is 3.11. The lowest BCUT2D eigenvalue weighted by atomic mass is 9.90. The van der Waals surface area contributed by atoms with E-state index in [1.54, 1.807) is 12.1 Å². The molecule has 1 saturated carbocycles. The molecule has 0 saturated heterocycles. The molecule has 1 aliphatic carbocycles. The summed E-state index contributed by atoms with van der Waals surface area (Å²) >= 11 is 1.33. The van der Waals surface area contributed by atoms with Crippen LogP contribution in [0.25, 0.3) is 0 Å². The molecule has 0 atom stereocenters. The topological polar surface area (TPSA) is 62.6 Å². The molecule has 0 unspecified atom stereocenters. The van der Waals surface area contributed by atoms with Crippen molar-refractivity contribution >= 4 is 28.2 Å². The second-order valence-corrected chi connectivity index (χ2v) is 7.50. The summed E-state index contributed by atoms with van der Waals surface area (Å²) in [4.78, 5) is 27.7. The number of nitrogens with zero attached hydrogens (tertiary/aromatic N) is 1. The number of hydrogen-bond donors (Lipinski definition) is 1. The number of thiophene rings is 1. The number of hydrogen-bond acceptors (Lipinski definition) is 4. The first-order chi connectivity index (χ1) is 11.5. The van der Waals surface area contributed by atoms with E-state index in [0.717, 1.165) is 18.4 Å². The lowest BCUT2D eigenvalue weighted by Gasteiger charge is -2.40. The van der Waals surface area contributed by atoms with Gasteiger partial charge in [0.1, 0.15) is 0 Å². The highest BCUT2D eigenvalue weighted by atomic mass is 32.1. The Balaban J connectivity index is 1.77. The molecule has 0 aliphatic heterocycles. The van der Waals surface area contributed by atoms with Gasteiger partial charge in [-0.3, -0.25) is 9.59 Å². The predicted octanol–water partition coefficient (Wildman–Crippen LogP) is 4.30. The second-order valence-electron chi connectivity index (χ2n) is 6.45. The molecule has 0 bridgehead atoms. The molecule has 2 amide bonds. The summed E-state index contributed by atoms with van der Waals surface area (Å²) in [5, 5.41) is 3.46. The molecule has 5 nitrogen and oxygen atoms in total. The standard InChI is InChI=1S/C18H22N2O3S/c1-11(2)20(13-6-4-7-13)18(22)16-12(3)10-15(24-16)19-17(21)14-8-5-9-23-14/h5,8-11,13H,4,6-7H2,1-3H3,(H,19,21). The Bertz CT molecular complexity index is 730. The van der Waals surface area contributed by atoms with Crippen LogP contribution < -0.4 is 5.32 Å².